The van der Waals surface area contributed by atoms with E-state index in [4.69, 9.17) is 4.74 Å². The maximum absolute atomic E-state index is 13.0. The van der Waals surface area contributed by atoms with Gasteiger partial charge in [0.1, 0.15) is 6.10 Å². The summed E-state index contributed by atoms with van der Waals surface area (Å²) in [6.07, 6.45) is 15.6. The summed E-state index contributed by atoms with van der Waals surface area (Å²) < 4.78 is 6.19. The van der Waals surface area contributed by atoms with Gasteiger partial charge in [-0.15, -0.1) is 0 Å². The predicted octanol–water partition coefficient (Wildman–Crippen LogP) is 9.70. The Hall–Kier alpha value is -2.23. The number of phenols is 2. The molecule has 0 radical (unpaired) electrons. The van der Waals surface area contributed by atoms with Gasteiger partial charge in [-0.3, -0.25) is 0 Å². The molecule has 6 rings (SSSR count). The number of rotatable bonds is 4. The van der Waals surface area contributed by atoms with Crippen molar-refractivity contribution >= 4 is 12.0 Å². The molecular formula is C39H56O4. The number of fused-ring (bicyclic) bond motifs is 7. The van der Waals surface area contributed by atoms with Crippen molar-refractivity contribution in [3.63, 3.8) is 0 Å². The highest BCUT2D eigenvalue weighted by atomic mass is 16.5. The highest BCUT2D eigenvalue weighted by Gasteiger charge is 2.70. The molecule has 0 bridgehead atoms. The number of carbonyl (C=O) groups is 1. The summed E-state index contributed by atoms with van der Waals surface area (Å²) in [4.78, 5) is 13.0. The fraction of sp³-hybridized carbons (Fsp3) is 0.718. The molecular weight excluding hydrogens is 532 g/mol. The molecule has 0 saturated heterocycles. The van der Waals surface area contributed by atoms with Crippen molar-refractivity contribution < 1.29 is 19.7 Å². The Morgan fingerprint density at radius 2 is 1.60 bits per heavy atom. The fourth-order valence-corrected chi connectivity index (χ4v) is 12.7. The summed E-state index contributed by atoms with van der Waals surface area (Å²) in [5.74, 6) is 2.79. The zero-order valence-electron chi connectivity index (χ0n) is 27.8. The van der Waals surface area contributed by atoms with Gasteiger partial charge in [0.2, 0.25) is 0 Å². The maximum Gasteiger partial charge on any atom is 0.331 e. The van der Waals surface area contributed by atoms with Crippen LogP contribution in [0.5, 0.6) is 11.5 Å². The van der Waals surface area contributed by atoms with Crippen LogP contribution < -0.4 is 0 Å². The fourth-order valence-electron chi connectivity index (χ4n) is 12.7. The molecule has 5 saturated carbocycles. The summed E-state index contributed by atoms with van der Waals surface area (Å²) >= 11 is 0. The highest BCUT2D eigenvalue weighted by molar-refractivity contribution is 5.87. The van der Waals surface area contributed by atoms with Gasteiger partial charge in [-0.2, -0.15) is 0 Å². The lowest BCUT2D eigenvalue weighted by atomic mass is 9.32. The normalized spacial score (nSPS) is 45.0. The van der Waals surface area contributed by atoms with Crippen molar-refractivity contribution in [3.05, 3.63) is 42.0 Å². The van der Waals surface area contributed by atoms with Crippen LogP contribution in [0.1, 0.15) is 118 Å². The van der Waals surface area contributed by atoms with Crippen molar-refractivity contribution in [3.8, 4) is 11.5 Å². The van der Waals surface area contributed by atoms with E-state index in [-0.39, 0.29) is 34.4 Å². The minimum atomic E-state index is -0.336. The number of esters is 1. The van der Waals surface area contributed by atoms with Gasteiger partial charge < -0.3 is 14.9 Å². The molecule has 43 heavy (non-hydrogen) atoms. The third kappa shape index (κ3) is 4.46. The number of ether oxygens (including phenoxy) is 1. The van der Waals surface area contributed by atoms with Crippen molar-refractivity contribution in [2.75, 3.05) is 0 Å². The molecule has 0 amide bonds. The van der Waals surface area contributed by atoms with Gasteiger partial charge in [0.25, 0.3) is 0 Å². The molecule has 10 atom stereocenters. The standard InChI is InChI=1S/C39H56O4/c1-24(2)26-15-18-36(5)21-22-38(7)27(34(26)36)11-13-31-37(6)19-17-32(35(3,4)30(37)16-20-39(31,38)8)43-33(42)14-10-25-9-12-28(40)29(41)23-25/h9-10,12,14,23,26-27,30-32,34,40-41H,1,11,13,15-22H2,2-8H3/b14-10-/t26-,27-,30-,31-,32-,34+,36-,37+,38+,39+/m1/s1. The van der Waals surface area contributed by atoms with Gasteiger partial charge in [0.05, 0.1) is 0 Å². The van der Waals surface area contributed by atoms with E-state index >= 15 is 0 Å². The zero-order valence-corrected chi connectivity index (χ0v) is 27.8. The van der Waals surface area contributed by atoms with Crippen molar-refractivity contribution in [1.29, 1.82) is 0 Å². The number of benzene rings is 1. The number of phenolic OH excluding ortho intramolecular Hbond substituents is 2. The lowest BCUT2D eigenvalue weighted by molar-refractivity contribution is -0.248. The van der Waals surface area contributed by atoms with E-state index in [1.165, 1.54) is 75.1 Å². The number of aromatic hydroxyl groups is 2. The molecule has 4 heteroatoms. The summed E-state index contributed by atoms with van der Waals surface area (Å²) in [7, 11) is 0. The predicted molar refractivity (Wildman–Crippen MR) is 173 cm³/mol. The first kappa shape index (κ1) is 30.8. The molecule has 236 valence electrons. The minimum absolute atomic E-state index is 0.103. The van der Waals surface area contributed by atoms with Gasteiger partial charge in [-0.1, -0.05) is 59.8 Å². The minimum Gasteiger partial charge on any atom is -0.504 e. The van der Waals surface area contributed by atoms with Crippen LogP contribution in [0.3, 0.4) is 0 Å². The van der Waals surface area contributed by atoms with E-state index in [1.807, 2.05) is 0 Å². The van der Waals surface area contributed by atoms with Crippen LogP contribution >= 0.6 is 0 Å². The quantitative estimate of drug-likeness (QED) is 0.159. The van der Waals surface area contributed by atoms with Crippen LogP contribution in [0.25, 0.3) is 6.08 Å². The van der Waals surface area contributed by atoms with Crippen LogP contribution in [0.4, 0.5) is 0 Å². The van der Waals surface area contributed by atoms with Gasteiger partial charge in [0.15, 0.2) is 11.5 Å². The van der Waals surface area contributed by atoms with Crippen molar-refractivity contribution in [2.24, 2.45) is 56.7 Å². The molecule has 2 N–H and O–H groups in total. The second-order valence-corrected chi connectivity index (χ2v) is 17.2. The van der Waals surface area contributed by atoms with E-state index < -0.39 is 0 Å². The second kappa shape index (κ2) is 10.1. The average Bonchev–Trinajstić information content (AvgIpc) is 3.29. The zero-order chi connectivity index (χ0) is 31.2. The average molecular weight is 589 g/mol. The topological polar surface area (TPSA) is 66.8 Å². The largest absolute Gasteiger partial charge is 0.504 e. The van der Waals surface area contributed by atoms with Gasteiger partial charge in [-0.25, -0.2) is 4.79 Å². The molecule has 5 aliphatic carbocycles. The summed E-state index contributed by atoms with van der Waals surface area (Å²) in [5, 5.41) is 19.4. The Kier molecular flexibility index (Phi) is 7.26. The van der Waals surface area contributed by atoms with Gasteiger partial charge >= 0.3 is 5.97 Å². The number of hydrogen-bond acceptors (Lipinski definition) is 4. The lowest BCUT2D eigenvalue weighted by Crippen LogP contribution is -2.66. The van der Waals surface area contributed by atoms with E-state index in [1.54, 1.807) is 12.1 Å². The molecule has 0 aliphatic heterocycles. The van der Waals surface area contributed by atoms with E-state index in [0.717, 1.165) is 24.7 Å². The Bertz CT molecular complexity index is 1330. The Labute approximate surface area is 260 Å². The molecule has 0 unspecified atom stereocenters. The maximum atomic E-state index is 13.0. The Balaban J connectivity index is 1.22. The Morgan fingerprint density at radius 3 is 2.30 bits per heavy atom. The van der Waals surface area contributed by atoms with E-state index in [0.29, 0.717) is 39.6 Å². The monoisotopic (exact) mass is 588 g/mol. The third-order valence-corrected chi connectivity index (χ3v) is 15.1. The molecule has 5 aliphatic rings. The number of allylic oxidation sites excluding steroid dienone is 1. The second-order valence-electron chi connectivity index (χ2n) is 17.2. The molecule has 5 fully saturated rings. The first-order chi connectivity index (χ1) is 20.1. The van der Waals surface area contributed by atoms with Crippen LogP contribution in [-0.2, 0) is 9.53 Å². The molecule has 1 aromatic rings. The van der Waals surface area contributed by atoms with Crippen LogP contribution in [-0.4, -0.2) is 22.3 Å². The summed E-state index contributed by atoms with van der Waals surface area (Å²) in [6, 6.07) is 4.54. The highest BCUT2D eigenvalue weighted by Crippen LogP contribution is 2.77. The third-order valence-electron chi connectivity index (χ3n) is 15.1. The van der Waals surface area contributed by atoms with Crippen molar-refractivity contribution in [1.82, 2.24) is 0 Å². The lowest BCUT2D eigenvalue weighted by Gasteiger charge is -2.73. The molecule has 4 nitrogen and oxygen atoms in total. The summed E-state index contributed by atoms with van der Waals surface area (Å²) in [5.41, 5.74) is 3.40. The van der Waals surface area contributed by atoms with Crippen LogP contribution in [0.2, 0.25) is 0 Å². The van der Waals surface area contributed by atoms with Crippen LogP contribution in [0, 0.1) is 56.7 Å². The van der Waals surface area contributed by atoms with Crippen LogP contribution in [0.15, 0.2) is 36.4 Å². The molecule has 0 aromatic heterocycles. The SMILES string of the molecule is C=C(C)[C@H]1CC[C@]2(C)CC[C@@]3(C)[C@H](CC[C@@H]4[C@@]5(C)CC[C@@H](OC(=O)/C=C\c6ccc(O)c(O)c6)C(C)(C)[C@H]5CC[C@@]43C)[C@H]12. The summed E-state index contributed by atoms with van der Waals surface area (Å²) in [6.45, 7) is 22.1. The number of carbonyl (C=O) groups excluding carboxylic acids is 1. The Morgan fingerprint density at radius 1 is 0.860 bits per heavy atom. The first-order valence-electron chi connectivity index (χ1n) is 17.1. The molecule has 0 heterocycles. The van der Waals surface area contributed by atoms with E-state index in [9.17, 15) is 15.0 Å². The number of hydrogen-bond donors (Lipinski definition) is 2. The van der Waals surface area contributed by atoms with Gasteiger partial charge in [-0.05, 0) is 146 Å². The van der Waals surface area contributed by atoms with E-state index in [2.05, 4.69) is 55.0 Å². The first-order valence-corrected chi connectivity index (χ1v) is 17.1. The smallest absolute Gasteiger partial charge is 0.331 e. The van der Waals surface area contributed by atoms with Gasteiger partial charge in [0, 0.05) is 11.5 Å². The molecule has 1 aromatic carbocycles. The molecule has 0 spiro atoms. The van der Waals surface area contributed by atoms with Crippen molar-refractivity contribution in [2.45, 2.75) is 119 Å².